The van der Waals surface area contributed by atoms with E-state index in [1.807, 2.05) is 33.0 Å². The molecule has 0 fully saturated rings. The smallest absolute Gasteiger partial charge is 0.122 e. The van der Waals surface area contributed by atoms with Gasteiger partial charge in [-0.2, -0.15) is 5.26 Å². The number of aromatic hydroxyl groups is 1. The normalized spacial score (nSPS) is 11.9. The van der Waals surface area contributed by atoms with E-state index in [1.165, 1.54) is 0 Å². The van der Waals surface area contributed by atoms with Gasteiger partial charge in [0.25, 0.3) is 0 Å². The highest BCUT2D eigenvalue weighted by molar-refractivity contribution is 5.54. The summed E-state index contributed by atoms with van der Waals surface area (Å²) in [6.07, 6.45) is 0.489. The summed E-state index contributed by atoms with van der Waals surface area (Å²) >= 11 is 0. The number of rotatable bonds is 6. The third-order valence-electron chi connectivity index (χ3n) is 3.15. The highest BCUT2D eigenvalue weighted by atomic mass is 16.3. The van der Waals surface area contributed by atoms with Crippen molar-refractivity contribution >= 4 is 5.69 Å². The molecule has 0 aliphatic rings. The monoisotopic (exact) mass is 247 g/mol. The summed E-state index contributed by atoms with van der Waals surface area (Å²) in [7, 11) is 1.86. The van der Waals surface area contributed by atoms with Crippen LogP contribution in [0.2, 0.25) is 0 Å². The van der Waals surface area contributed by atoms with E-state index in [-0.39, 0.29) is 6.04 Å². The van der Waals surface area contributed by atoms with Crippen LogP contribution < -0.4 is 10.2 Å². The maximum atomic E-state index is 10.0. The number of nitrogens with zero attached hydrogens (tertiary/aromatic N) is 2. The van der Waals surface area contributed by atoms with Crippen LogP contribution in [0.5, 0.6) is 5.75 Å². The highest BCUT2D eigenvalue weighted by Gasteiger charge is 2.11. The summed E-state index contributed by atoms with van der Waals surface area (Å²) in [5.74, 6) is 0.296. The molecule has 1 atom stereocenters. The Labute approximate surface area is 109 Å². The molecule has 4 heteroatoms. The van der Waals surface area contributed by atoms with Crippen LogP contribution in [0.15, 0.2) is 18.2 Å². The Balaban J connectivity index is 2.91. The minimum absolute atomic E-state index is 0.119. The lowest BCUT2D eigenvalue weighted by molar-refractivity contribution is 0.458. The first-order chi connectivity index (χ1) is 8.63. The molecule has 2 N–H and O–H groups in total. The van der Waals surface area contributed by atoms with Gasteiger partial charge in [-0.15, -0.1) is 0 Å². The summed E-state index contributed by atoms with van der Waals surface area (Å²) in [4.78, 5) is 2.08. The van der Waals surface area contributed by atoms with Gasteiger partial charge < -0.3 is 15.3 Å². The zero-order chi connectivity index (χ0) is 13.5. The third kappa shape index (κ3) is 3.38. The van der Waals surface area contributed by atoms with Crippen LogP contribution in [-0.4, -0.2) is 25.2 Å². The van der Waals surface area contributed by atoms with E-state index in [0.29, 0.717) is 18.7 Å². The van der Waals surface area contributed by atoms with E-state index >= 15 is 0 Å². The largest absolute Gasteiger partial charge is 0.508 e. The molecule has 0 amide bonds. The van der Waals surface area contributed by atoms with Crippen molar-refractivity contribution in [3.63, 3.8) is 0 Å². The number of phenols is 1. The van der Waals surface area contributed by atoms with Gasteiger partial charge in [0, 0.05) is 36.4 Å². The van der Waals surface area contributed by atoms with Gasteiger partial charge in [-0.25, -0.2) is 0 Å². The van der Waals surface area contributed by atoms with Gasteiger partial charge in [0.15, 0.2) is 0 Å². The number of benzene rings is 1. The minimum atomic E-state index is 0.119. The van der Waals surface area contributed by atoms with Gasteiger partial charge in [-0.3, -0.25) is 0 Å². The molecule has 1 rings (SSSR count). The van der Waals surface area contributed by atoms with Crippen molar-refractivity contribution in [2.24, 2.45) is 0 Å². The lowest BCUT2D eigenvalue weighted by atomic mass is 10.1. The quantitative estimate of drug-likeness (QED) is 0.810. The van der Waals surface area contributed by atoms with Crippen molar-refractivity contribution in [1.29, 1.82) is 5.26 Å². The SMILES string of the molecule is CCN(CCC#N)c1ccc(C(C)NC)c(O)c1. The average molecular weight is 247 g/mol. The first-order valence-electron chi connectivity index (χ1n) is 6.26. The minimum Gasteiger partial charge on any atom is -0.508 e. The first kappa shape index (κ1) is 14.3. The molecule has 0 aromatic heterocycles. The zero-order valence-corrected chi connectivity index (χ0v) is 11.3. The highest BCUT2D eigenvalue weighted by Crippen LogP contribution is 2.28. The van der Waals surface area contributed by atoms with E-state index in [2.05, 4.69) is 16.3 Å². The molecule has 0 radical (unpaired) electrons. The number of anilines is 1. The molecule has 18 heavy (non-hydrogen) atoms. The number of hydrogen-bond acceptors (Lipinski definition) is 4. The number of phenolic OH excluding ortho intramolecular Hbond substituents is 1. The van der Waals surface area contributed by atoms with Gasteiger partial charge in [0.2, 0.25) is 0 Å². The zero-order valence-electron chi connectivity index (χ0n) is 11.3. The topological polar surface area (TPSA) is 59.3 Å². The lowest BCUT2D eigenvalue weighted by Crippen LogP contribution is -2.23. The van der Waals surface area contributed by atoms with Crippen molar-refractivity contribution in [3.8, 4) is 11.8 Å². The molecular weight excluding hydrogens is 226 g/mol. The molecule has 1 aromatic rings. The number of hydrogen-bond donors (Lipinski definition) is 2. The standard InChI is InChI=1S/C14H21N3O/c1-4-17(9-5-8-15)12-6-7-13(11(2)16-3)14(18)10-12/h6-7,10-11,16,18H,4-5,9H2,1-3H3. The summed E-state index contributed by atoms with van der Waals surface area (Å²) in [6, 6.07) is 7.95. The third-order valence-corrected chi connectivity index (χ3v) is 3.15. The van der Waals surface area contributed by atoms with Crippen molar-refractivity contribution in [2.75, 3.05) is 25.0 Å². The molecule has 1 aromatic carbocycles. The Kier molecular flexibility index (Phi) is 5.47. The molecule has 0 aliphatic heterocycles. The van der Waals surface area contributed by atoms with Gasteiger partial charge in [0.05, 0.1) is 12.5 Å². The average Bonchev–Trinajstić information content (AvgIpc) is 2.39. The van der Waals surface area contributed by atoms with E-state index in [4.69, 9.17) is 5.26 Å². The molecule has 0 saturated carbocycles. The maximum Gasteiger partial charge on any atom is 0.122 e. The van der Waals surface area contributed by atoms with Crippen LogP contribution in [-0.2, 0) is 0 Å². The van der Waals surface area contributed by atoms with Crippen molar-refractivity contribution in [1.82, 2.24) is 5.32 Å². The molecule has 0 spiro atoms. The van der Waals surface area contributed by atoms with Crippen molar-refractivity contribution in [3.05, 3.63) is 23.8 Å². The van der Waals surface area contributed by atoms with E-state index in [1.54, 1.807) is 6.07 Å². The van der Waals surface area contributed by atoms with E-state index in [9.17, 15) is 5.11 Å². The molecule has 0 saturated heterocycles. The lowest BCUT2D eigenvalue weighted by Gasteiger charge is -2.23. The molecule has 1 unspecified atom stereocenters. The molecule has 0 heterocycles. The van der Waals surface area contributed by atoms with Crippen molar-refractivity contribution < 1.29 is 5.11 Å². The number of nitriles is 1. The van der Waals surface area contributed by atoms with Crippen LogP contribution in [0.4, 0.5) is 5.69 Å². The van der Waals surface area contributed by atoms with Crippen LogP contribution in [0.3, 0.4) is 0 Å². The van der Waals surface area contributed by atoms with Crippen LogP contribution >= 0.6 is 0 Å². The summed E-state index contributed by atoms with van der Waals surface area (Å²) in [5.41, 5.74) is 1.84. The molecule has 4 nitrogen and oxygen atoms in total. The molecular formula is C14H21N3O. The van der Waals surface area contributed by atoms with Crippen LogP contribution in [0.1, 0.15) is 31.9 Å². The Hall–Kier alpha value is -1.73. The molecule has 98 valence electrons. The van der Waals surface area contributed by atoms with E-state index in [0.717, 1.165) is 17.8 Å². The Bertz CT molecular complexity index is 426. The van der Waals surface area contributed by atoms with Gasteiger partial charge in [0.1, 0.15) is 5.75 Å². The second-order valence-corrected chi connectivity index (χ2v) is 4.24. The Morgan fingerprint density at radius 3 is 2.72 bits per heavy atom. The van der Waals surface area contributed by atoms with Gasteiger partial charge in [-0.05, 0) is 27.0 Å². The fourth-order valence-electron chi connectivity index (χ4n) is 1.91. The van der Waals surface area contributed by atoms with Gasteiger partial charge in [-0.1, -0.05) is 6.07 Å². The number of nitrogens with one attached hydrogen (secondary N) is 1. The Morgan fingerprint density at radius 2 is 2.22 bits per heavy atom. The van der Waals surface area contributed by atoms with E-state index < -0.39 is 0 Å². The second kappa shape index (κ2) is 6.87. The Morgan fingerprint density at radius 1 is 1.50 bits per heavy atom. The fourth-order valence-corrected chi connectivity index (χ4v) is 1.91. The predicted octanol–water partition coefficient (Wildman–Crippen LogP) is 2.41. The predicted molar refractivity (Wildman–Crippen MR) is 73.7 cm³/mol. The van der Waals surface area contributed by atoms with Crippen molar-refractivity contribution in [2.45, 2.75) is 26.3 Å². The first-order valence-corrected chi connectivity index (χ1v) is 6.26. The van der Waals surface area contributed by atoms with Crippen LogP contribution in [0, 0.1) is 11.3 Å². The summed E-state index contributed by atoms with van der Waals surface area (Å²) in [5, 5.41) is 21.8. The second-order valence-electron chi connectivity index (χ2n) is 4.24. The summed E-state index contributed by atoms with van der Waals surface area (Å²) < 4.78 is 0. The summed E-state index contributed by atoms with van der Waals surface area (Å²) in [6.45, 7) is 5.55. The van der Waals surface area contributed by atoms with Crippen LogP contribution in [0.25, 0.3) is 0 Å². The van der Waals surface area contributed by atoms with Gasteiger partial charge >= 0.3 is 0 Å². The fraction of sp³-hybridized carbons (Fsp3) is 0.500. The molecule has 0 aliphatic carbocycles. The maximum absolute atomic E-state index is 10.0. The molecule has 0 bridgehead atoms.